The van der Waals surface area contributed by atoms with Crippen LogP contribution >= 0.6 is 0 Å². The van der Waals surface area contributed by atoms with Crippen LogP contribution in [0.15, 0.2) is 48.5 Å². The van der Waals surface area contributed by atoms with Crippen LogP contribution in [-0.2, 0) is 29.0 Å². The van der Waals surface area contributed by atoms with E-state index in [4.69, 9.17) is 4.74 Å². The Kier molecular flexibility index (Phi) is 6.82. The summed E-state index contributed by atoms with van der Waals surface area (Å²) in [5.41, 5.74) is 3.12. The Hall–Kier alpha value is -2.93. The van der Waals surface area contributed by atoms with Crippen LogP contribution in [-0.4, -0.2) is 54.1 Å². The third-order valence-corrected chi connectivity index (χ3v) is 5.87. The van der Waals surface area contributed by atoms with Crippen molar-refractivity contribution in [3.63, 3.8) is 0 Å². The van der Waals surface area contributed by atoms with Gasteiger partial charge in [-0.1, -0.05) is 36.4 Å². The van der Waals surface area contributed by atoms with Crippen molar-refractivity contribution in [3.05, 3.63) is 71.0 Å². The van der Waals surface area contributed by atoms with Crippen molar-refractivity contribution < 1.29 is 18.7 Å². The second kappa shape index (κ2) is 9.92. The quantitative estimate of drug-likeness (QED) is 0.774. The molecule has 1 saturated heterocycles. The molecule has 6 nitrogen and oxygen atoms in total. The molecular formula is C24H28FN3O3. The van der Waals surface area contributed by atoms with Gasteiger partial charge in [-0.2, -0.15) is 0 Å². The zero-order valence-electron chi connectivity index (χ0n) is 17.6. The average molecular weight is 426 g/mol. The number of nitrogens with zero attached hydrogens (tertiary/aromatic N) is 2. The number of amides is 3. The number of carbonyl (C=O) groups excluding carboxylic acids is 2. The van der Waals surface area contributed by atoms with Crippen LogP contribution in [0.25, 0.3) is 0 Å². The van der Waals surface area contributed by atoms with Gasteiger partial charge in [-0.3, -0.25) is 4.79 Å². The first kappa shape index (κ1) is 21.3. The molecule has 1 unspecified atom stereocenters. The van der Waals surface area contributed by atoms with Gasteiger partial charge in [-0.05, 0) is 48.1 Å². The largest absolute Gasteiger partial charge is 0.376 e. The zero-order chi connectivity index (χ0) is 21.6. The average Bonchev–Trinajstić information content (AvgIpc) is 3.29. The first-order chi connectivity index (χ1) is 15.1. The van der Waals surface area contributed by atoms with E-state index in [0.29, 0.717) is 31.8 Å². The third kappa shape index (κ3) is 5.61. The van der Waals surface area contributed by atoms with Crippen molar-refractivity contribution in [2.75, 3.05) is 26.2 Å². The van der Waals surface area contributed by atoms with Crippen molar-refractivity contribution in [2.45, 2.75) is 38.5 Å². The molecule has 4 rings (SSSR count). The van der Waals surface area contributed by atoms with Gasteiger partial charge < -0.3 is 19.9 Å². The Morgan fingerprint density at radius 1 is 1.16 bits per heavy atom. The van der Waals surface area contributed by atoms with E-state index in [9.17, 15) is 14.0 Å². The molecule has 0 aliphatic carbocycles. The molecule has 2 aliphatic rings. The molecule has 0 radical (unpaired) electrons. The molecule has 31 heavy (non-hydrogen) atoms. The van der Waals surface area contributed by atoms with E-state index in [1.165, 1.54) is 17.7 Å². The number of fused-ring (bicyclic) bond motifs is 1. The standard InChI is InChI=1S/C24H28FN3O3/c25-21-8-3-5-18(13-21)15-28(17-22-9-4-12-31-22)23(29)14-26-24(30)27-11-10-19-6-1-2-7-20(19)16-27/h1-3,5-8,13,22H,4,9-12,14-17H2,(H,26,30). The lowest BCUT2D eigenvalue weighted by Gasteiger charge is -2.30. The summed E-state index contributed by atoms with van der Waals surface area (Å²) in [5, 5.41) is 2.77. The Morgan fingerprint density at radius 3 is 2.77 bits per heavy atom. The Labute approximate surface area is 182 Å². The minimum absolute atomic E-state index is 0.0215. The van der Waals surface area contributed by atoms with Gasteiger partial charge in [0.25, 0.3) is 0 Å². The topological polar surface area (TPSA) is 61.9 Å². The normalized spacial score (nSPS) is 17.8. The minimum Gasteiger partial charge on any atom is -0.376 e. The summed E-state index contributed by atoms with van der Waals surface area (Å²) in [4.78, 5) is 29.0. The fourth-order valence-electron chi connectivity index (χ4n) is 4.19. The van der Waals surface area contributed by atoms with Crippen molar-refractivity contribution >= 4 is 11.9 Å². The summed E-state index contributed by atoms with van der Waals surface area (Å²) in [6.07, 6.45) is 2.65. The van der Waals surface area contributed by atoms with Gasteiger partial charge in [0.05, 0.1) is 12.6 Å². The van der Waals surface area contributed by atoms with Crippen LogP contribution in [0.5, 0.6) is 0 Å². The summed E-state index contributed by atoms with van der Waals surface area (Å²) in [6.45, 7) is 2.48. The number of ether oxygens (including phenoxy) is 1. The highest BCUT2D eigenvalue weighted by atomic mass is 19.1. The maximum Gasteiger partial charge on any atom is 0.318 e. The van der Waals surface area contributed by atoms with Crippen molar-refractivity contribution in [2.24, 2.45) is 0 Å². The molecule has 0 aromatic heterocycles. The number of hydrogen-bond acceptors (Lipinski definition) is 3. The molecule has 0 saturated carbocycles. The highest BCUT2D eigenvalue weighted by Crippen LogP contribution is 2.19. The number of urea groups is 1. The molecule has 2 heterocycles. The van der Waals surface area contributed by atoms with Crippen LogP contribution in [0.3, 0.4) is 0 Å². The molecule has 164 valence electrons. The van der Waals surface area contributed by atoms with Crippen molar-refractivity contribution in [1.82, 2.24) is 15.1 Å². The molecule has 1 N–H and O–H groups in total. The van der Waals surface area contributed by atoms with Crippen LogP contribution in [0.2, 0.25) is 0 Å². The van der Waals surface area contributed by atoms with Gasteiger partial charge >= 0.3 is 6.03 Å². The predicted molar refractivity (Wildman–Crippen MR) is 115 cm³/mol. The summed E-state index contributed by atoms with van der Waals surface area (Å²) < 4.78 is 19.3. The summed E-state index contributed by atoms with van der Waals surface area (Å²) in [5.74, 6) is -0.536. The molecule has 2 aliphatic heterocycles. The maximum absolute atomic E-state index is 13.6. The van der Waals surface area contributed by atoms with E-state index in [1.54, 1.807) is 21.9 Å². The van der Waals surface area contributed by atoms with Gasteiger partial charge in [-0.15, -0.1) is 0 Å². The van der Waals surface area contributed by atoms with Gasteiger partial charge in [0.2, 0.25) is 5.91 Å². The lowest BCUT2D eigenvalue weighted by atomic mass is 10.0. The van der Waals surface area contributed by atoms with Gasteiger partial charge in [0.1, 0.15) is 5.82 Å². The molecular weight excluding hydrogens is 397 g/mol. The zero-order valence-corrected chi connectivity index (χ0v) is 17.6. The number of carbonyl (C=O) groups is 2. The number of halogens is 1. The van der Waals surface area contributed by atoms with E-state index in [1.807, 2.05) is 18.2 Å². The second-order valence-electron chi connectivity index (χ2n) is 8.14. The van der Waals surface area contributed by atoms with E-state index in [0.717, 1.165) is 24.8 Å². The third-order valence-electron chi connectivity index (χ3n) is 5.87. The lowest BCUT2D eigenvalue weighted by molar-refractivity contribution is -0.132. The van der Waals surface area contributed by atoms with Crippen LogP contribution < -0.4 is 5.32 Å². The number of nitrogens with one attached hydrogen (secondary N) is 1. The lowest BCUT2D eigenvalue weighted by Crippen LogP contribution is -2.47. The van der Waals surface area contributed by atoms with Gasteiger partial charge in [-0.25, -0.2) is 9.18 Å². The fourth-order valence-corrected chi connectivity index (χ4v) is 4.19. The predicted octanol–water partition coefficient (Wildman–Crippen LogP) is 3.10. The minimum atomic E-state index is -0.333. The van der Waals surface area contributed by atoms with Gasteiger partial charge in [0, 0.05) is 32.8 Å². The molecule has 0 bridgehead atoms. The SMILES string of the molecule is O=C(CNC(=O)N1CCc2ccccc2C1)N(Cc1cccc(F)c1)CC1CCCO1. The van der Waals surface area contributed by atoms with Crippen LogP contribution in [0.4, 0.5) is 9.18 Å². The van der Waals surface area contributed by atoms with E-state index >= 15 is 0 Å². The van der Waals surface area contributed by atoms with E-state index in [2.05, 4.69) is 11.4 Å². The van der Waals surface area contributed by atoms with Crippen LogP contribution in [0.1, 0.15) is 29.5 Å². The van der Waals surface area contributed by atoms with E-state index in [-0.39, 0.29) is 36.9 Å². The fraction of sp³-hybridized carbons (Fsp3) is 0.417. The number of hydrogen-bond donors (Lipinski definition) is 1. The molecule has 7 heteroatoms. The summed E-state index contributed by atoms with van der Waals surface area (Å²) >= 11 is 0. The number of rotatable bonds is 6. The van der Waals surface area contributed by atoms with Crippen molar-refractivity contribution in [1.29, 1.82) is 0 Å². The molecule has 1 fully saturated rings. The smallest absolute Gasteiger partial charge is 0.318 e. The summed E-state index contributed by atoms with van der Waals surface area (Å²) in [6, 6.07) is 14.1. The number of benzene rings is 2. The maximum atomic E-state index is 13.6. The second-order valence-corrected chi connectivity index (χ2v) is 8.14. The van der Waals surface area contributed by atoms with E-state index < -0.39 is 0 Å². The molecule has 0 spiro atoms. The molecule has 2 aromatic rings. The Morgan fingerprint density at radius 2 is 2.00 bits per heavy atom. The first-order valence-corrected chi connectivity index (χ1v) is 10.8. The van der Waals surface area contributed by atoms with Crippen molar-refractivity contribution in [3.8, 4) is 0 Å². The van der Waals surface area contributed by atoms with Crippen LogP contribution in [0, 0.1) is 5.82 Å². The molecule has 1 atom stereocenters. The Bertz CT molecular complexity index is 930. The summed E-state index contributed by atoms with van der Waals surface area (Å²) in [7, 11) is 0. The highest BCUT2D eigenvalue weighted by molar-refractivity contribution is 5.84. The monoisotopic (exact) mass is 425 g/mol. The molecule has 3 amide bonds. The Balaban J connectivity index is 1.35. The van der Waals surface area contributed by atoms with Gasteiger partial charge in [0.15, 0.2) is 0 Å². The molecule has 2 aromatic carbocycles. The highest BCUT2D eigenvalue weighted by Gasteiger charge is 2.25. The first-order valence-electron chi connectivity index (χ1n) is 10.8.